The molecule has 0 amide bonds. The summed E-state index contributed by atoms with van der Waals surface area (Å²) in [7, 11) is 0. The molecule has 0 aliphatic carbocycles. The molecule has 0 radical (unpaired) electrons. The van der Waals surface area contributed by atoms with Gasteiger partial charge in [0, 0.05) is 52.2 Å². The molecule has 3 N–H and O–H groups in total. The van der Waals surface area contributed by atoms with E-state index in [1.54, 1.807) is 11.3 Å². The number of hydrogen-bond acceptors (Lipinski definition) is 6. The van der Waals surface area contributed by atoms with Crippen LogP contribution in [0.15, 0.2) is 66.6 Å². The molecule has 1 aliphatic heterocycles. The van der Waals surface area contributed by atoms with Gasteiger partial charge in [0.2, 0.25) is 0 Å². The molecule has 0 atom stereocenters. The van der Waals surface area contributed by atoms with Crippen LogP contribution < -0.4 is 5.32 Å². The summed E-state index contributed by atoms with van der Waals surface area (Å²) in [6.07, 6.45) is 11.2. The van der Waals surface area contributed by atoms with Crippen LogP contribution in [-0.2, 0) is 6.42 Å². The molecule has 0 saturated carbocycles. The first kappa shape index (κ1) is 21.4. The summed E-state index contributed by atoms with van der Waals surface area (Å²) >= 11 is 1.70. The molecular formula is C28H25N7S. The SMILES string of the molecule is c1csc(-c2nccc3[nH]c(-c4[nH]nc5ncc(-c6cncc(CC7CCNCC7)c6)cc45)cc23)c1. The molecule has 0 unspecified atom stereocenters. The lowest BCUT2D eigenvalue weighted by molar-refractivity contribution is 0.372. The summed E-state index contributed by atoms with van der Waals surface area (Å²) in [5, 5.41) is 15.3. The van der Waals surface area contributed by atoms with Gasteiger partial charge in [-0.2, -0.15) is 5.10 Å². The van der Waals surface area contributed by atoms with Gasteiger partial charge in [-0.05, 0) is 79.5 Å². The highest BCUT2D eigenvalue weighted by Gasteiger charge is 2.17. The Morgan fingerprint density at radius 2 is 1.86 bits per heavy atom. The van der Waals surface area contributed by atoms with Crippen molar-refractivity contribution in [2.24, 2.45) is 5.92 Å². The fourth-order valence-electron chi connectivity index (χ4n) is 5.24. The monoisotopic (exact) mass is 491 g/mol. The van der Waals surface area contributed by atoms with E-state index in [1.807, 2.05) is 30.9 Å². The molecule has 0 spiro atoms. The van der Waals surface area contributed by atoms with Gasteiger partial charge in [-0.3, -0.25) is 15.1 Å². The first-order valence-corrected chi connectivity index (χ1v) is 13.2. The maximum absolute atomic E-state index is 4.66. The van der Waals surface area contributed by atoms with Crippen molar-refractivity contribution in [3.05, 3.63) is 72.1 Å². The Kier molecular flexibility index (Phi) is 5.33. The third kappa shape index (κ3) is 3.88. The molecule has 7 rings (SSSR count). The maximum Gasteiger partial charge on any atom is 0.181 e. The number of nitrogens with zero attached hydrogens (tertiary/aromatic N) is 4. The number of thiophene rings is 1. The fraction of sp³-hybridized carbons (Fsp3) is 0.214. The van der Waals surface area contributed by atoms with Gasteiger partial charge < -0.3 is 10.3 Å². The summed E-state index contributed by atoms with van der Waals surface area (Å²) in [6, 6.07) is 12.8. The van der Waals surface area contributed by atoms with E-state index >= 15 is 0 Å². The summed E-state index contributed by atoms with van der Waals surface area (Å²) in [5.41, 5.74) is 8.04. The molecule has 1 saturated heterocycles. The summed E-state index contributed by atoms with van der Waals surface area (Å²) < 4.78 is 0. The number of aromatic nitrogens is 6. The zero-order chi connectivity index (χ0) is 23.9. The van der Waals surface area contributed by atoms with Crippen molar-refractivity contribution in [2.45, 2.75) is 19.3 Å². The number of hydrogen-bond donors (Lipinski definition) is 3. The van der Waals surface area contributed by atoms with Crippen LogP contribution in [0.5, 0.6) is 0 Å². The van der Waals surface area contributed by atoms with E-state index in [4.69, 9.17) is 0 Å². The van der Waals surface area contributed by atoms with Gasteiger partial charge in [-0.15, -0.1) is 11.3 Å². The normalized spacial score (nSPS) is 14.7. The molecule has 8 heteroatoms. The number of H-pyrrole nitrogens is 2. The van der Waals surface area contributed by atoms with Crippen molar-refractivity contribution in [3.8, 4) is 33.1 Å². The van der Waals surface area contributed by atoms with Gasteiger partial charge in [0.25, 0.3) is 0 Å². The van der Waals surface area contributed by atoms with E-state index in [-0.39, 0.29) is 0 Å². The predicted molar refractivity (Wildman–Crippen MR) is 145 cm³/mol. The lowest BCUT2D eigenvalue weighted by Crippen LogP contribution is -2.28. The lowest BCUT2D eigenvalue weighted by Gasteiger charge is -2.22. The highest BCUT2D eigenvalue weighted by molar-refractivity contribution is 7.13. The Morgan fingerprint density at radius 1 is 0.944 bits per heavy atom. The van der Waals surface area contributed by atoms with Crippen molar-refractivity contribution in [2.75, 3.05) is 13.1 Å². The van der Waals surface area contributed by atoms with E-state index in [0.29, 0.717) is 5.65 Å². The second-order valence-electron chi connectivity index (χ2n) is 9.45. The van der Waals surface area contributed by atoms with Crippen LogP contribution in [0.25, 0.3) is 55.0 Å². The molecule has 6 aromatic heterocycles. The first-order chi connectivity index (χ1) is 17.8. The smallest absolute Gasteiger partial charge is 0.181 e. The maximum atomic E-state index is 4.66. The molecule has 0 bridgehead atoms. The second kappa shape index (κ2) is 8.96. The summed E-state index contributed by atoms with van der Waals surface area (Å²) in [4.78, 5) is 18.6. The molecule has 6 aromatic rings. The minimum absolute atomic E-state index is 0.697. The van der Waals surface area contributed by atoms with Crippen LogP contribution in [0.4, 0.5) is 0 Å². The second-order valence-corrected chi connectivity index (χ2v) is 10.4. The summed E-state index contributed by atoms with van der Waals surface area (Å²) in [6.45, 7) is 2.22. The Morgan fingerprint density at radius 3 is 2.75 bits per heavy atom. The Balaban J connectivity index is 1.26. The van der Waals surface area contributed by atoms with E-state index in [0.717, 1.165) is 74.8 Å². The number of fused-ring (bicyclic) bond motifs is 2. The van der Waals surface area contributed by atoms with Crippen LogP contribution in [0.3, 0.4) is 0 Å². The van der Waals surface area contributed by atoms with Gasteiger partial charge in [-0.25, -0.2) is 4.98 Å². The first-order valence-electron chi connectivity index (χ1n) is 12.3. The fourth-order valence-corrected chi connectivity index (χ4v) is 5.97. The van der Waals surface area contributed by atoms with Gasteiger partial charge in [0.05, 0.1) is 22.0 Å². The topological polar surface area (TPSA) is 95.2 Å². The minimum atomic E-state index is 0.697. The lowest BCUT2D eigenvalue weighted by atomic mass is 9.91. The number of nitrogens with one attached hydrogen (secondary N) is 3. The van der Waals surface area contributed by atoms with Crippen molar-refractivity contribution in [3.63, 3.8) is 0 Å². The van der Waals surface area contributed by atoms with Gasteiger partial charge in [0.15, 0.2) is 5.65 Å². The molecule has 1 aliphatic rings. The minimum Gasteiger partial charge on any atom is -0.353 e. The molecule has 1 fully saturated rings. The zero-order valence-corrected chi connectivity index (χ0v) is 20.5. The quantitative estimate of drug-likeness (QED) is 0.282. The van der Waals surface area contributed by atoms with E-state index in [1.165, 1.54) is 18.4 Å². The number of rotatable bonds is 5. The highest BCUT2D eigenvalue weighted by atomic mass is 32.1. The average molecular weight is 492 g/mol. The van der Waals surface area contributed by atoms with Crippen molar-refractivity contribution >= 4 is 33.3 Å². The molecular weight excluding hydrogens is 466 g/mol. The van der Waals surface area contributed by atoms with Crippen LogP contribution in [-0.4, -0.2) is 43.2 Å². The standard InChI is InChI=1S/C28H25N7S/c1-2-25(36-9-1)27-21-13-24(33-23(21)5-8-31-27)26-22-12-20(16-32-28(22)35-34-26)19-11-18(14-30-15-19)10-17-3-6-29-7-4-17/h1-2,5,8-9,11-17,29,33H,3-4,6-7,10H2,(H,32,34,35). The summed E-state index contributed by atoms with van der Waals surface area (Å²) in [5.74, 6) is 0.722. The Hall–Kier alpha value is -3.88. The van der Waals surface area contributed by atoms with E-state index in [9.17, 15) is 0 Å². The van der Waals surface area contributed by atoms with Crippen LogP contribution >= 0.6 is 11.3 Å². The highest BCUT2D eigenvalue weighted by Crippen LogP contribution is 2.35. The number of aromatic amines is 2. The molecule has 178 valence electrons. The van der Waals surface area contributed by atoms with Crippen molar-refractivity contribution in [1.82, 2.24) is 35.5 Å². The predicted octanol–water partition coefficient (Wildman–Crippen LogP) is 5.83. The average Bonchev–Trinajstić information content (AvgIpc) is 3.68. The van der Waals surface area contributed by atoms with Crippen LogP contribution in [0, 0.1) is 5.92 Å². The molecule has 7 heterocycles. The zero-order valence-electron chi connectivity index (χ0n) is 19.7. The van der Waals surface area contributed by atoms with Gasteiger partial charge >= 0.3 is 0 Å². The van der Waals surface area contributed by atoms with E-state index < -0.39 is 0 Å². The van der Waals surface area contributed by atoms with Crippen LogP contribution in [0.1, 0.15) is 18.4 Å². The Bertz CT molecular complexity index is 1660. The van der Waals surface area contributed by atoms with E-state index in [2.05, 4.69) is 71.2 Å². The van der Waals surface area contributed by atoms with Gasteiger partial charge in [0.1, 0.15) is 0 Å². The van der Waals surface area contributed by atoms with Crippen molar-refractivity contribution < 1.29 is 0 Å². The van der Waals surface area contributed by atoms with Crippen molar-refractivity contribution in [1.29, 1.82) is 0 Å². The molecule has 36 heavy (non-hydrogen) atoms. The number of pyridine rings is 3. The third-order valence-corrected chi connectivity index (χ3v) is 7.97. The van der Waals surface area contributed by atoms with Crippen LogP contribution in [0.2, 0.25) is 0 Å². The van der Waals surface area contributed by atoms with Gasteiger partial charge in [-0.1, -0.05) is 6.07 Å². The Labute approximate surface area is 212 Å². The number of piperidine rings is 1. The third-order valence-electron chi connectivity index (χ3n) is 7.09. The molecule has 0 aromatic carbocycles. The largest absolute Gasteiger partial charge is 0.353 e. The molecule has 7 nitrogen and oxygen atoms in total.